The van der Waals surface area contributed by atoms with Crippen molar-refractivity contribution in [1.82, 2.24) is 10.6 Å². The van der Waals surface area contributed by atoms with Crippen LogP contribution in [0.15, 0.2) is 12.2 Å². The highest BCUT2D eigenvalue weighted by Gasteiger charge is 2.32. The summed E-state index contributed by atoms with van der Waals surface area (Å²) in [6.07, 6.45) is 1.62. The molecule has 2 atom stereocenters. The molecular formula is C17H30N2O6S. The van der Waals surface area contributed by atoms with E-state index in [2.05, 4.69) is 10.6 Å². The molecule has 0 saturated heterocycles. The van der Waals surface area contributed by atoms with Gasteiger partial charge in [0.1, 0.15) is 6.10 Å². The van der Waals surface area contributed by atoms with Gasteiger partial charge in [0.05, 0.1) is 12.7 Å². The number of carbonyl (C=O) groups excluding carboxylic acids is 3. The summed E-state index contributed by atoms with van der Waals surface area (Å²) in [5, 5.41) is 32.9. The summed E-state index contributed by atoms with van der Waals surface area (Å²) >= 11 is 1.06. The zero-order chi connectivity index (χ0) is 20.2. The van der Waals surface area contributed by atoms with Gasteiger partial charge in [-0.15, -0.1) is 0 Å². The molecule has 0 saturated carbocycles. The molecule has 0 aromatic heterocycles. The normalized spacial score (nSPS) is 14.1. The minimum Gasteiger partial charge on any atom is -0.396 e. The van der Waals surface area contributed by atoms with Crippen molar-refractivity contribution >= 4 is 28.7 Å². The van der Waals surface area contributed by atoms with E-state index in [0.29, 0.717) is 18.7 Å². The van der Waals surface area contributed by atoms with Crippen LogP contribution in [0.4, 0.5) is 0 Å². The van der Waals surface area contributed by atoms with Crippen LogP contribution in [0, 0.1) is 5.41 Å². The van der Waals surface area contributed by atoms with Gasteiger partial charge in [-0.05, 0) is 19.4 Å². The van der Waals surface area contributed by atoms with Crippen LogP contribution in [0.5, 0.6) is 0 Å². The minimum absolute atomic E-state index is 0.0465. The Morgan fingerprint density at radius 2 is 1.81 bits per heavy atom. The van der Waals surface area contributed by atoms with Crippen LogP contribution in [-0.4, -0.2) is 69.9 Å². The molecule has 0 bridgehead atoms. The van der Waals surface area contributed by atoms with Crippen molar-refractivity contribution in [2.75, 3.05) is 25.4 Å². The number of hydrogen-bond donors (Lipinski definition) is 5. The van der Waals surface area contributed by atoms with Gasteiger partial charge in [-0.2, -0.15) is 0 Å². The number of rotatable bonds is 12. The first-order valence-electron chi connectivity index (χ1n) is 8.45. The van der Waals surface area contributed by atoms with Gasteiger partial charge in [-0.3, -0.25) is 14.4 Å². The first kappa shape index (κ1) is 24.6. The van der Waals surface area contributed by atoms with Gasteiger partial charge in [0, 0.05) is 30.7 Å². The van der Waals surface area contributed by atoms with E-state index in [4.69, 9.17) is 10.2 Å². The smallest absolute Gasteiger partial charge is 0.249 e. The topological polar surface area (TPSA) is 136 Å². The largest absolute Gasteiger partial charge is 0.396 e. The summed E-state index contributed by atoms with van der Waals surface area (Å²) in [5.74, 6) is -0.500. The van der Waals surface area contributed by atoms with Crippen LogP contribution in [0.1, 0.15) is 33.6 Å². The molecule has 0 fully saturated rings. The second kappa shape index (κ2) is 12.9. The monoisotopic (exact) mass is 390 g/mol. The highest BCUT2D eigenvalue weighted by atomic mass is 32.2. The third-order valence-corrected chi connectivity index (χ3v) is 4.28. The third kappa shape index (κ3) is 11.2. The lowest BCUT2D eigenvalue weighted by Gasteiger charge is -2.27. The van der Waals surface area contributed by atoms with E-state index < -0.39 is 23.5 Å². The Morgan fingerprint density at radius 3 is 2.38 bits per heavy atom. The predicted molar refractivity (Wildman–Crippen MR) is 100 cm³/mol. The fourth-order valence-electron chi connectivity index (χ4n) is 1.68. The SMILES string of the molecule is C[C@@H](O)C/C=C/C(=O)SCCNC(=O)CCNC(=O)[C@H](O)C(C)(C)CO. The molecule has 5 N–H and O–H groups in total. The lowest BCUT2D eigenvalue weighted by atomic mass is 9.87. The summed E-state index contributed by atoms with van der Waals surface area (Å²) in [4.78, 5) is 34.8. The molecule has 26 heavy (non-hydrogen) atoms. The lowest BCUT2D eigenvalue weighted by molar-refractivity contribution is -0.137. The number of aliphatic hydroxyl groups excluding tert-OH is 3. The molecule has 0 aliphatic heterocycles. The molecule has 0 aromatic carbocycles. The summed E-state index contributed by atoms with van der Waals surface area (Å²) in [6.45, 7) is 4.79. The summed E-state index contributed by atoms with van der Waals surface area (Å²) in [5.41, 5.74) is -0.959. The van der Waals surface area contributed by atoms with E-state index in [0.717, 1.165) is 11.8 Å². The fourth-order valence-corrected chi connectivity index (χ4v) is 2.27. The highest BCUT2D eigenvalue weighted by molar-refractivity contribution is 8.14. The zero-order valence-electron chi connectivity index (χ0n) is 15.5. The van der Waals surface area contributed by atoms with E-state index >= 15 is 0 Å². The van der Waals surface area contributed by atoms with E-state index in [-0.39, 0.29) is 30.6 Å². The summed E-state index contributed by atoms with van der Waals surface area (Å²) in [6, 6.07) is 0. The van der Waals surface area contributed by atoms with Gasteiger partial charge in [0.2, 0.25) is 16.9 Å². The molecule has 9 heteroatoms. The summed E-state index contributed by atoms with van der Waals surface area (Å²) in [7, 11) is 0. The maximum Gasteiger partial charge on any atom is 0.249 e. The number of aliphatic hydroxyl groups is 3. The molecule has 150 valence electrons. The van der Waals surface area contributed by atoms with Crippen LogP contribution in [0.3, 0.4) is 0 Å². The second-order valence-electron chi connectivity index (χ2n) is 6.59. The van der Waals surface area contributed by atoms with Gasteiger partial charge in [0.15, 0.2) is 0 Å². The van der Waals surface area contributed by atoms with E-state index in [1.165, 1.54) is 6.08 Å². The molecule has 0 radical (unpaired) electrons. The van der Waals surface area contributed by atoms with Crippen LogP contribution in [-0.2, 0) is 14.4 Å². The number of hydrogen-bond acceptors (Lipinski definition) is 7. The average Bonchev–Trinajstić information content (AvgIpc) is 2.57. The Kier molecular flexibility index (Phi) is 12.2. The van der Waals surface area contributed by atoms with Gasteiger partial charge < -0.3 is 26.0 Å². The van der Waals surface area contributed by atoms with Crippen molar-refractivity contribution in [2.24, 2.45) is 5.41 Å². The average molecular weight is 391 g/mol. The minimum atomic E-state index is -1.36. The van der Waals surface area contributed by atoms with Crippen LogP contribution in [0.2, 0.25) is 0 Å². The molecule has 0 rings (SSSR count). The molecular weight excluding hydrogens is 360 g/mol. The molecule has 0 aliphatic rings. The van der Waals surface area contributed by atoms with Crippen LogP contribution >= 0.6 is 11.8 Å². The third-order valence-electron chi connectivity index (χ3n) is 3.45. The Bertz CT molecular complexity index is 494. The first-order valence-corrected chi connectivity index (χ1v) is 9.43. The van der Waals surface area contributed by atoms with Gasteiger partial charge in [-0.1, -0.05) is 31.7 Å². The molecule has 0 heterocycles. The highest BCUT2D eigenvalue weighted by Crippen LogP contribution is 2.19. The van der Waals surface area contributed by atoms with Crippen molar-refractivity contribution in [1.29, 1.82) is 0 Å². The maximum absolute atomic E-state index is 11.7. The standard InChI is InChI=1S/C17H30N2O6S/c1-12(21)5-4-6-14(23)26-10-9-18-13(22)7-8-19-16(25)15(24)17(2,3)11-20/h4,6,12,15,20-21,24H,5,7-11H2,1-3H3,(H,18,22)(H,19,25)/b6-4+/t12-,15+/m1/s1. The Hall–Kier alpha value is -1.42. The van der Waals surface area contributed by atoms with E-state index in [1.807, 2.05) is 0 Å². The Labute approximate surface area is 158 Å². The van der Waals surface area contributed by atoms with Crippen LogP contribution in [0.25, 0.3) is 0 Å². The molecule has 0 aliphatic carbocycles. The molecule has 2 amide bonds. The second-order valence-corrected chi connectivity index (χ2v) is 7.69. The first-order chi connectivity index (χ1) is 12.1. The van der Waals surface area contributed by atoms with Crippen LogP contribution < -0.4 is 10.6 Å². The van der Waals surface area contributed by atoms with E-state index in [9.17, 15) is 19.5 Å². The predicted octanol–water partition coefficient (Wildman–Crippen LogP) is -0.425. The van der Waals surface area contributed by atoms with Crippen molar-refractivity contribution in [2.45, 2.75) is 45.8 Å². The Morgan fingerprint density at radius 1 is 1.15 bits per heavy atom. The van der Waals surface area contributed by atoms with Crippen molar-refractivity contribution < 1.29 is 29.7 Å². The number of nitrogens with one attached hydrogen (secondary N) is 2. The van der Waals surface area contributed by atoms with Gasteiger partial charge in [0.25, 0.3) is 0 Å². The zero-order valence-corrected chi connectivity index (χ0v) is 16.3. The van der Waals surface area contributed by atoms with Crippen molar-refractivity contribution in [3.63, 3.8) is 0 Å². The number of amides is 2. The molecule has 8 nitrogen and oxygen atoms in total. The lowest BCUT2D eigenvalue weighted by Crippen LogP contribution is -2.46. The molecule has 0 aromatic rings. The van der Waals surface area contributed by atoms with Gasteiger partial charge >= 0.3 is 0 Å². The van der Waals surface area contributed by atoms with E-state index in [1.54, 1.807) is 26.8 Å². The van der Waals surface area contributed by atoms with Crippen molar-refractivity contribution in [3.8, 4) is 0 Å². The maximum atomic E-state index is 11.7. The number of thioether (sulfide) groups is 1. The van der Waals surface area contributed by atoms with Gasteiger partial charge in [-0.25, -0.2) is 0 Å². The molecule has 0 unspecified atom stereocenters. The van der Waals surface area contributed by atoms with Crippen molar-refractivity contribution in [3.05, 3.63) is 12.2 Å². The Balaban J connectivity index is 3.86. The quantitative estimate of drug-likeness (QED) is 0.225. The fraction of sp³-hybridized carbons (Fsp3) is 0.706. The number of carbonyl (C=O) groups is 3. The summed E-state index contributed by atoms with van der Waals surface area (Å²) < 4.78 is 0. The molecule has 0 spiro atoms.